The number of hydrogen-bond acceptors (Lipinski definition) is 4. The van der Waals surface area contributed by atoms with Crippen molar-refractivity contribution in [1.29, 1.82) is 0 Å². The van der Waals surface area contributed by atoms with E-state index >= 15 is 0 Å². The van der Waals surface area contributed by atoms with Crippen molar-refractivity contribution >= 4 is 17.4 Å². The van der Waals surface area contributed by atoms with Crippen LogP contribution < -0.4 is 15.8 Å². The normalized spacial score (nSPS) is 9.83. The summed E-state index contributed by atoms with van der Waals surface area (Å²) in [6.07, 6.45) is 0. The van der Waals surface area contributed by atoms with E-state index in [1.807, 2.05) is 0 Å². The maximum absolute atomic E-state index is 11.9. The lowest BCUT2D eigenvalue weighted by Crippen LogP contribution is -2.14. The van der Waals surface area contributed by atoms with E-state index < -0.39 is 0 Å². The molecule has 0 aliphatic carbocycles. The number of methoxy groups -OCH3 is 1. The van der Waals surface area contributed by atoms with Gasteiger partial charge in [0.15, 0.2) is 0 Å². The fourth-order valence-corrected chi connectivity index (χ4v) is 1.45. The summed E-state index contributed by atoms with van der Waals surface area (Å²) in [6.45, 7) is 0. The van der Waals surface area contributed by atoms with Crippen LogP contribution in [0.2, 0.25) is 0 Å². The molecule has 1 aromatic carbocycles. The van der Waals surface area contributed by atoms with Crippen LogP contribution in [0.1, 0.15) is 10.5 Å². The van der Waals surface area contributed by atoms with Crippen molar-refractivity contribution < 1.29 is 9.53 Å². The Labute approximate surface area is 105 Å². The number of carbonyl (C=O) groups is 1. The van der Waals surface area contributed by atoms with Gasteiger partial charge in [-0.05, 0) is 36.4 Å². The molecule has 18 heavy (non-hydrogen) atoms. The second-order valence-corrected chi connectivity index (χ2v) is 3.63. The van der Waals surface area contributed by atoms with Crippen molar-refractivity contribution in [3.63, 3.8) is 0 Å². The Morgan fingerprint density at radius 2 is 1.94 bits per heavy atom. The SMILES string of the molecule is COc1ccc(NC(=O)c2cccc(N)n2)cc1. The van der Waals surface area contributed by atoms with Crippen molar-refractivity contribution in [2.24, 2.45) is 0 Å². The number of nitrogens with zero attached hydrogens (tertiary/aromatic N) is 1. The predicted molar refractivity (Wildman–Crippen MR) is 69.6 cm³/mol. The predicted octanol–water partition coefficient (Wildman–Crippen LogP) is 1.92. The number of pyridine rings is 1. The summed E-state index contributed by atoms with van der Waals surface area (Å²) in [6, 6.07) is 12.0. The summed E-state index contributed by atoms with van der Waals surface area (Å²) in [7, 11) is 1.59. The molecule has 0 aliphatic heterocycles. The first kappa shape index (κ1) is 11.9. The maximum atomic E-state index is 11.9. The molecule has 0 bridgehead atoms. The van der Waals surface area contributed by atoms with Gasteiger partial charge >= 0.3 is 0 Å². The van der Waals surface area contributed by atoms with Gasteiger partial charge in [-0.2, -0.15) is 0 Å². The highest BCUT2D eigenvalue weighted by molar-refractivity contribution is 6.03. The van der Waals surface area contributed by atoms with Crippen LogP contribution in [-0.4, -0.2) is 18.0 Å². The number of ether oxygens (including phenoxy) is 1. The molecule has 2 aromatic rings. The van der Waals surface area contributed by atoms with Gasteiger partial charge in [-0.25, -0.2) is 4.98 Å². The zero-order chi connectivity index (χ0) is 13.0. The minimum absolute atomic E-state index is 0.283. The smallest absolute Gasteiger partial charge is 0.274 e. The van der Waals surface area contributed by atoms with Gasteiger partial charge in [0, 0.05) is 5.69 Å². The number of carbonyl (C=O) groups excluding carboxylic acids is 1. The van der Waals surface area contributed by atoms with E-state index in [1.165, 1.54) is 0 Å². The Bertz CT molecular complexity index is 552. The number of benzene rings is 1. The fraction of sp³-hybridized carbons (Fsp3) is 0.0769. The van der Waals surface area contributed by atoms with Crippen molar-refractivity contribution in [2.75, 3.05) is 18.2 Å². The molecule has 5 heteroatoms. The lowest BCUT2D eigenvalue weighted by atomic mass is 10.2. The minimum Gasteiger partial charge on any atom is -0.497 e. The van der Waals surface area contributed by atoms with Gasteiger partial charge in [-0.1, -0.05) is 6.07 Å². The zero-order valence-electron chi connectivity index (χ0n) is 9.88. The van der Waals surface area contributed by atoms with Gasteiger partial charge in [-0.15, -0.1) is 0 Å². The molecule has 92 valence electrons. The molecule has 0 saturated carbocycles. The van der Waals surface area contributed by atoms with E-state index in [4.69, 9.17) is 10.5 Å². The molecule has 1 aromatic heterocycles. The molecule has 0 atom stereocenters. The van der Waals surface area contributed by atoms with Crippen LogP contribution in [0.25, 0.3) is 0 Å². The van der Waals surface area contributed by atoms with Gasteiger partial charge in [0.1, 0.15) is 17.3 Å². The maximum Gasteiger partial charge on any atom is 0.274 e. The molecule has 3 N–H and O–H groups in total. The van der Waals surface area contributed by atoms with Crippen LogP contribution in [-0.2, 0) is 0 Å². The molecule has 1 amide bonds. The number of nitrogen functional groups attached to an aromatic ring is 1. The molecule has 0 radical (unpaired) electrons. The fourth-order valence-electron chi connectivity index (χ4n) is 1.45. The minimum atomic E-state index is -0.299. The highest BCUT2D eigenvalue weighted by atomic mass is 16.5. The second kappa shape index (κ2) is 5.18. The van der Waals surface area contributed by atoms with E-state index in [1.54, 1.807) is 49.6 Å². The van der Waals surface area contributed by atoms with Crippen molar-refractivity contribution in [3.05, 3.63) is 48.2 Å². The van der Waals surface area contributed by atoms with E-state index in [0.717, 1.165) is 5.75 Å². The third-order valence-electron chi connectivity index (χ3n) is 2.35. The average molecular weight is 243 g/mol. The van der Waals surface area contributed by atoms with Gasteiger partial charge in [0.2, 0.25) is 0 Å². The quantitative estimate of drug-likeness (QED) is 0.863. The Kier molecular flexibility index (Phi) is 3.43. The lowest BCUT2D eigenvalue weighted by Gasteiger charge is -2.06. The number of nitrogens with two attached hydrogens (primary N) is 1. The van der Waals surface area contributed by atoms with Crippen molar-refractivity contribution in [1.82, 2.24) is 4.98 Å². The highest BCUT2D eigenvalue weighted by Gasteiger charge is 2.07. The third-order valence-corrected chi connectivity index (χ3v) is 2.35. The summed E-state index contributed by atoms with van der Waals surface area (Å²) in [4.78, 5) is 15.8. The highest BCUT2D eigenvalue weighted by Crippen LogP contribution is 2.15. The van der Waals surface area contributed by atoms with E-state index in [9.17, 15) is 4.79 Å². The molecule has 1 heterocycles. The van der Waals surface area contributed by atoms with Gasteiger partial charge < -0.3 is 15.8 Å². The third kappa shape index (κ3) is 2.76. The van der Waals surface area contributed by atoms with Crippen LogP contribution in [0.5, 0.6) is 5.75 Å². The van der Waals surface area contributed by atoms with Crippen LogP contribution in [0.3, 0.4) is 0 Å². The first-order valence-corrected chi connectivity index (χ1v) is 5.37. The van der Waals surface area contributed by atoms with Crippen LogP contribution in [0, 0.1) is 0 Å². The first-order chi connectivity index (χ1) is 8.69. The Balaban J connectivity index is 2.11. The second-order valence-electron chi connectivity index (χ2n) is 3.63. The Hall–Kier alpha value is -2.56. The monoisotopic (exact) mass is 243 g/mol. The molecule has 0 saturated heterocycles. The molecule has 0 aliphatic rings. The number of amides is 1. The standard InChI is InChI=1S/C13H13N3O2/c1-18-10-7-5-9(6-8-10)15-13(17)11-3-2-4-12(14)16-11/h2-8H,1H3,(H2,14,16)(H,15,17). The number of hydrogen-bond donors (Lipinski definition) is 2. The molecule has 2 rings (SSSR count). The number of rotatable bonds is 3. The number of aromatic nitrogens is 1. The van der Waals surface area contributed by atoms with Crippen LogP contribution in [0.4, 0.5) is 11.5 Å². The van der Waals surface area contributed by atoms with Crippen LogP contribution >= 0.6 is 0 Å². The molecule has 5 nitrogen and oxygen atoms in total. The van der Waals surface area contributed by atoms with E-state index in [-0.39, 0.29) is 11.6 Å². The molecule has 0 fully saturated rings. The van der Waals surface area contributed by atoms with E-state index in [2.05, 4.69) is 10.3 Å². The van der Waals surface area contributed by atoms with Crippen molar-refractivity contribution in [2.45, 2.75) is 0 Å². The first-order valence-electron chi connectivity index (χ1n) is 5.37. The number of nitrogens with one attached hydrogen (secondary N) is 1. The van der Waals surface area contributed by atoms with Gasteiger partial charge in [0.25, 0.3) is 5.91 Å². The number of anilines is 2. The Morgan fingerprint density at radius 1 is 1.22 bits per heavy atom. The zero-order valence-corrected chi connectivity index (χ0v) is 9.88. The summed E-state index contributed by atoms with van der Waals surface area (Å²) >= 11 is 0. The molecular weight excluding hydrogens is 230 g/mol. The lowest BCUT2D eigenvalue weighted by molar-refractivity contribution is 0.102. The van der Waals surface area contributed by atoms with E-state index in [0.29, 0.717) is 11.5 Å². The van der Waals surface area contributed by atoms with Gasteiger partial charge in [-0.3, -0.25) is 4.79 Å². The summed E-state index contributed by atoms with van der Waals surface area (Å²) < 4.78 is 5.03. The topological polar surface area (TPSA) is 77.2 Å². The molecule has 0 unspecified atom stereocenters. The van der Waals surface area contributed by atoms with Crippen molar-refractivity contribution in [3.8, 4) is 5.75 Å². The molecule has 0 spiro atoms. The van der Waals surface area contributed by atoms with Crippen LogP contribution in [0.15, 0.2) is 42.5 Å². The summed E-state index contributed by atoms with van der Waals surface area (Å²) in [5, 5.41) is 2.72. The largest absolute Gasteiger partial charge is 0.497 e. The molecular formula is C13H13N3O2. The summed E-state index contributed by atoms with van der Waals surface area (Å²) in [5.41, 5.74) is 6.47. The Morgan fingerprint density at radius 3 is 2.56 bits per heavy atom. The van der Waals surface area contributed by atoms with Gasteiger partial charge in [0.05, 0.1) is 7.11 Å². The summed E-state index contributed by atoms with van der Waals surface area (Å²) in [5.74, 6) is 0.750. The average Bonchev–Trinajstić information content (AvgIpc) is 2.39.